The van der Waals surface area contributed by atoms with Crippen molar-refractivity contribution in [3.63, 3.8) is 0 Å². The van der Waals surface area contributed by atoms with Crippen molar-refractivity contribution in [2.75, 3.05) is 80.4 Å². The number of primary amides is 2. The summed E-state index contributed by atoms with van der Waals surface area (Å²) in [5.41, 5.74) is 19.1. The predicted molar refractivity (Wildman–Crippen MR) is 376 cm³/mol. The zero-order valence-corrected chi connectivity index (χ0v) is 56.8. The molecule has 0 atom stereocenters. The maximum absolute atomic E-state index is 12.4. The zero-order chi connectivity index (χ0) is 69.5. The lowest BCUT2D eigenvalue weighted by atomic mass is 9.90. The van der Waals surface area contributed by atoms with E-state index >= 15 is 0 Å². The topological polar surface area (TPSA) is 250 Å². The standard InChI is InChI=1S/C26H31N3O4.C26H33N3O3.C13H16O3.C12H14O3/c1-3-33-26(31)22-5-4-6-24(32-2)21(22)12-15-28-13-10-20(11-14-28)29-16-9-18-7-8-19(25(27)30)17-23(18)29;1-26(2,31)22-5-4-6-24(32-3)21(22)12-15-28-13-10-20(11-14-28)29-16-9-18-7-8-19(25(27)30)17-23(18)29;1-4-7-10-11(13(14)16-5-2)8-6-9-12(10)15-3;1-3-6-9-10(12(14)15-4-2)7-5-8-11(9)13/h4-9,16-17,20H,3,10-15H2,1-2H3,(H2,27,30);4-9,16-17,20,31H,10-15H2,1-3H3,(H2,27,30);4,6,8-9H,1,5,7H2,2-3H3;3,5,7-8,13H,1,4,6H2,2H3. The normalized spacial score (nSPS) is 13.6. The van der Waals surface area contributed by atoms with E-state index in [1.807, 2.05) is 81.4 Å². The average molecular weight is 1310 g/mol. The lowest BCUT2D eigenvalue weighted by Gasteiger charge is -2.33. The minimum Gasteiger partial charge on any atom is -0.508 e. The first-order valence-electron chi connectivity index (χ1n) is 32.7. The van der Waals surface area contributed by atoms with Gasteiger partial charge in [0.1, 0.15) is 23.0 Å². The Morgan fingerprint density at radius 3 is 1.30 bits per heavy atom. The average Bonchev–Trinajstić information content (AvgIpc) is 1.86. The molecule has 0 aliphatic carbocycles. The summed E-state index contributed by atoms with van der Waals surface area (Å²) in [6.45, 7) is 23.0. The molecule has 4 heterocycles. The Bertz CT molecular complexity index is 3960. The van der Waals surface area contributed by atoms with E-state index < -0.39 is 23.4 Å². The molecule has 6 aromatic carbocycles. The monoisotopic (exact) mass is 1310 g/mol. The van der Waals surface area contributed by atoms with Crippen LogP contribution in [0.1, 0.15) is 152 Å². The van der Waals surface area contributed by atoms with Gasteiger partial charge in [0.25, 0.3) is 0 Å². The van der Waals surface area contributed by atoms with Crippen molar-refractivity contribution in [1.82, 2.24) is 18.9 Å². The molecule has 2 fully saturated rings. The molecule has 0 spiro atoms. The number of fused-ring (bicyclic) bond motifs is 2. The number of amides is 2. The molecule has 0 radical (unpaired) electrons. The molecule has 510 valence electrons. The van der Waals surface area contributed by atoms with Crippen molar-refractivity contribution in [1.29, 1.82) is 0 Å². The van der Waals surface area contributed by atoms with Crippen LogP contribution in [0.25, 0.3) is 21.8 Å². The van der Waals surface area contributed by atoms with Crippen LogP contribution in [0.3, 0.4) is 0 Å². The molecule has 8 aromatic rings. The second-order valence-corrected chi connectivity index (χ2v) is 23.8. The number of aromatic nitrogens is 2. The molecule has 2 amide bonds. The van der Waals surface area contributed by atoms with Gasteiger partial charge in [-0.05, 0) is 181 Å². The van der Waals surface area contributed by atoms with Crippen molar-refractivity contribution >= 4 is 51.5 Å². The van der Waals surface area contributed by atoms with Gasteiger partial charge in [-0.25, -0.2) is 14.4 Å². The second kappa shape index (κ2) is 35.7. The number of aliphatic hydroxyl groups is 1. The van der Waals surface area contributed by atoms with Gasteiger partial charge < -0.3 is 69.0 Å². The van der Waals surface area contributed by atoms with Gasteiger partial charge in [-0.3, -0.25) is 9.59 Å². The molecule has 2 aliphatic rings. The van der Waals surface area contributed by atoms with Gasteiger partial charge >= 0.3 is 17.9 Å². The zero-order valence-electron chi connectivity index (χ0n) is 56.8. The fourth-order valence-electron chi connectivity index (χ4n) is 12.5. The maximum Gasteiger partial charge on any atom is 0.338 e. The van der Waals surface area contributed by atoms with Crippen molar-refractivity contribution in [3.8, 4) is 23.0 Å². The Morgan fingerprint density at radius 2 is 0.896 bits per heavy atom. The number of nitrogens with two attached hydrogens (primary N) is 2. The third kappa shape index (κ3) is 19.0. The maximum atomic E-state index is 12.4. The Balaban J connectivity index is 0.000000192. The Kier molecular flexibility index (Phi) is 27.4. The van der Waals surface area contributed by atoms with Gasteiger partial charge in [-0.2, -0.15) is 0 Å². The van der Waals surface area contributed by atoms with E-state index in [9.17, 15) is 34.2 Å². The number of aromatic hydroxyl groups is 1. The van der Waals surface area contributed by atoms with E-state index in [1.165, 1.54) is 0 Å². The Labute approximate surface area is 563 Å². The van der Waals surface area contributed by atoms with Gasteiger partial charge in [0.15, 0.2) is 0 Å². The van der Waals surface area contributed by atoms with Gasteiger partial charge in [0, 0.05) is 108 Å². The molecule has 10 rings (SSSR count). The van der Waals surface area contributed by atoms with E-state index in [4.69, 9.17) is 39.9 Å². The lowest BCUT2D eigenvalue weighted by Crippen LogP contribution is -2.36. The van der Waals surface area contributed by atoms with Crippen LogP contribution in [-0.2, 0) is 45.5 Å². The van der Waals surface area contributed by atoms with E-state index in [0.29, 0.717) is 83.9 Å². The quantitative estimate of drug-likeness (QED) is 0.0249. The highest BCUT2D eigenvalue weighted by atomic mass is 16.5. The van der Waals surface area contributed by atoms with Crippen LogP contribution in [0.15, 0.2) is 159 Å². The van der Waals surface area contributed by atoms with Crippen molar-refractivity contribution in [2.45, 2.75) is 104 Å². The summed E-state index contributed by atoms with van der Waals surface area (Å²) in [4.78, 5) is 63.7. The smallest absolute Gasteiger partial charge is 0.338 e. The molecule has 0 bridgehead atoms. The van der Waals surface area contributed by atoms with Gasteiger partial charge in [0.05, 0.1) is 63.4 Å². The van der Waals surface area contributed by atoms with E-state index in [-0.39, 0.29) is 17.7 Å². The van der Waals surface area contributed by atoms with Gasteiger partial charge in [-0.15, -0.1) is 13.2 Å². The number of allylic oxidation sites excluding steroid dienone is 2. The first kappa shape index (κ1) is 73.7. The fraction of sp³-hybridized carbons (Fsp3) is 0.364. The summed E-state index contributed by atoms with van der Waals surface area (Å²) in [7, 11) is 4.89. The Morgan fingerprint density at radius 1 is 0.521 bits per heavy atom. The highest BCUT2D eigenvalue weighted by molar-refractivity contribution is 5.98. The molecule has 0 saturated carbocycles. The molecule has 6 N–H and O–H groups in total. The van der Waals surface area contributed by atoms with Crippen LogP contribution in [0.4, 0.5) is 0 Å². The van der Waals surface area contributed by atoms with Crippen molar-refractivity contribution in [3.05, 3.63) is 215 Å². The van der Waals surface area contributed by atoms with Gasteiger partial charge in [-0.1, -0.05) is 54.6 Å². The number of ether oxygens (including phenoxy) is 6. The lowest BCUT2D eigenvalue weighted by molar-refractivity contribution is 0.0515. The molecule has 96 heavy (non-hydrogen) atoms. The number of esters is 3. The fourth-order valence-corrected chi connectivity index (χ4v) is 12.5. The number of carbonyl (C=O) groups excluding carboxylic acids is 5. The first-order valence-corrected chi connectivity index (χ1v) is 32.7. The number of rotatable bonds is 24. The summed E-state index contributed by atoms with van der Waals surface area (Å²) in [5, 5.41) is 22.4. The summed E-state index contributed by atoms with van der Waals surface area (Å²) in [6, 6.07) is 37.8. The van der Waals surface area contributed by atoms with Crippen LogP contribution < -0.4 is 25.7 Å². The predicted octanol–water partition coefficient (Wildman–Crippen LogP) is 12.6. The summed E-state index contributed by atoms with van der Waals surface area (Å²) in [5.74, 6) is 0.506. The molecule has 2 aromatic heterocycles. The Hall–Kier alpha value is -9.69. The summed E-state index contributed by atoms with van der Waals surface area (Å²) < 4.78 is 36.0. The third-order valence-electron chi connectivity index (χ3n) is 17.3. The summed E-state index contributed by atoms with van der Waals surface area (Å²) in [6.07, 6.45) is 14.3. The van der Waals surface area contributed by atoms with Crippen LogP contribution in [0.2, 0.25) is 0 Å². The minimum atomic E-state index is -0.907. The van der Waals surface area contributed by atoms with Crippen molar-refractivity contribution in [2.24, 2.45) is 11.5 Å². The van der Waals surface area contributed by atoms with E-state index in [1.54, 1.807) is 95.9 Å². The first-order chi connectivity index (χ1) is 46.2. The van der Waals surface area contributed by atoms with E-state index in [0.717, 1.165) is 133 Å². The molecule has 19 nitrogen and oxygen atoms in total. The number of methoxy groups -OCH3 is 3. The number of hydrogen-bond donors (Lipinski definition) is 4. The van der Waals surface area contributed by atoms with E-state index in [2.05, 4.69) is 56.6 Å². The molecular weight excluding hydrogens is 1220 g/mol. The highest BCUT2D eigenvalue weighted by Crippen LogP contribution is 2.35. The molecule has 2 saturated heterocycles. The SMILES string of the molecule is C=CCc1c(O)cccc1C(=O)OCC.C=CCc1c(OC)cccc1C(=O)OCC.CCOC(=O)c1cccc(OC)c1CCN1CCC(n2ccc3ccc(C(N)=O)cc32)CC1.COc1cccc(C(C)(C)O)c1CCN1CCC(n2ccc3ccc(C(N)=O)cc32)CC1. The number of nitrogens with zero attached hydrogens (tertiary/aromatic N) is 4. The largest absolute Gasteiger partial charge is 0.508 e. The number of phenolic OH excluding ortho intramolecular Hbond substituents is 1. The minimum absolute atomic E-state index is 0.0976. The number of piperidine rings is 2. The van der Waals surface area contributed by atoms with Crippen LogP contribution in [-0.4, -0.2) is 139 Å². The molecule has 0 unspecified atom stereocenters. The number of benzene rings is 6. The number of phenols is 1. The molecule has 19 heteroatoms. The van der Waals surface area contributed by atoms with Crippen LogP contribution in [0, 0.1) is 0 Å². The second-order valence-electron chi connectivity index (χ2n) is 23.8. The molecular formula is C77H94N6O13. The van der Waals surface area contributed by atoms with Crippen molar-refractivity contribution < 1.29 is 62.6 Å². The highest BCUT2D eigenvalue weighted by Gasteiger charge is 2.27. The molecule has 2 aliphatic heterocycles. The van der Waals surface area contributed by atoms with Crippen LogP contribution >= 0.6 is 0 Å². The number of likely N-dealkylation sites (tertiary alicyclic amines) is 2. The van der Waals surface area contributed by atoms with Crippen LogP contribution in [0.5, 0.6) is 23.0 Å². The summed E-state index contributed by atoms with van der Waals surface area (Å²) >= 11 is 0. The third-order valence-corrected chi connectivity index (χ3v) is 17.3. The van der Waals surface area contributed by atoms with Gasteiger partial charge in [0.2, 0.25) is 11.8 Å². The number of hydrogen-bond acceptors (Lipinski definition) is 15. The number of carbonyl (C=O) groups is 5.